The number of amides is 1. The molecule has 9 nitrogen and oxygen atoms in total. The predicted molar refractivity (Wildman–Crippen MR) is 90.4 cm³/mol. The molecule has 0 saturated carbocycles. The molecule has 0 atom stereocenters. The van der Waals surface area contributed by atoms with E-state index in [1.807, 2.05) is 0 Å². The number of nitrogens with one attached hydrogen (secondary N) is 2. The Kier molecular flexibility index (Phi) is 4.69. The first-order chi connectivity index (χ1) is 11.2. The molecule has 1 amide bonds. The van der Waals surface area contributed by atoms with Gasteiger partial charge in [0.1, 0.15) is 5.69 Å². The van der Waals surface area contributed by atoms with Crippen molar-refractivity contribution in [2.45, 2.75) is 0 Å². The maximum atomic E-state index is 12.1. The molecule has 0 spiro atoms. The van der Waals surface area contributed by atoms with Crippen molar-refractivity contribution in [2.24, 2.45) is 0 Å². The van der Waals surface area contributed by atoms with Crippen LogP contribution in [0.1, 0.15) is 10.4 Å². The minimum atomic E-state index is -3.39. The van der Waals surface area contributed by atoms with E-state index >= 15 is 0 Å². The molecule has 0 unspecified atom stereocenters. The van der Waals surface area contributed by atoms with Gasteiger partial charge in [0.05, 0.1) is 11.2 Å². The highest BCUT2D eigenvalue weighted by Gasteiger charge is 2.15. The number of nitro groups is 1. The monoisotopic (exact) mass is 350 g/mol. The quantitative estimate of drug-likeness (QED) is 0.426. The van der Waals surface area contributed by atoms with Crippen LogP contribution in [0.5, 0.6) is 0 Å². The number of carbonyl (C=O) groups is 1. The van der Waals surface area contributed by atoms with Gasteiger partial charge in [-0.2, -0.15) is 0 Å². The number of nitrogens with zero attached hydrogens (tertiary/aromatic N) is 1. The summed E-state index contributed by atoms with van der Waals surface area (Å²) in [6, 6.07) is 9.69. The molecular formula is C14H14N4O5S. The summed E-state index contributed by atoms with van der Waals surface area (Å²) in [4.78, 5) is 22.3. The first-order valence-electron chi connectivity index (χ1n) is 6.59. The predicted octanol–water partition coefficient (Wildman–Crippen LogP) is 1.80. The Bertz CT molecular complexity index is 894. The van der Waals surface area contributed by atoms with Gasteiger partial charge in [0.25, 0.3) is 11.6 Å². The second kappa shape index (κ2) is 6.54. The van der Waals surface area contributed by atoms with Gasteiger partial charge in [-0.1, -0.05) is 0 Å². The van der Waals surface area contributed by atoms with E-state index in [0.29, 0.717) is 11.4 Å². The summed E-state index contributed by atoms with van der Waals surface area (Å²) in [7, 11) is -3.39. The first kappa shape index (κ1) is 17.2. The molecule has 0 fully saturated rings. The van der Waals surface area contributed by atoms with E-state index in [4.69, 9.17) is 5.73 Å². The normalized spacial score (nSPS) is 10.9. The largest absolute Gasteiger partial charge is 0.393 e. The van der Waals surface area contributed by atoms with E-state index < -0.39 is 20.9 Å². The molecule has 2 aromatic carbocycles. The third kappa shape index (κ3) is 4.43. The van der Waals surface area contributed by atoms with Gasteiger partial charge >= 0.3 is 0 Å². The molecule has 126 valence electrons. The summed E-state index contributed by atoms with van der Waals surface area (Å²) in [5.41, 5.74) is 5.92. The van der Waals surface area contributed by atoms with Gasteiger partial charge < -0.3 is 11.1 Å². The Morgan fingerprint density at radius 2 is 1.71 bits per heavy atom. The van der Waals surface area contributed by atoms with Crippen LogP contribution in [-0.4, -0.2) is 25.5 Å². The summed E-state index contributed by atoms with van der Waals surface area (Å²) in [5.74, 6) is -0.554. The number of benzene rings is 2. The minimum absolute atomic E-state index is 0.0345. The first-order valence-corrected chi connectivity index (χ1v) is 8.48. The minimum Gasteiger partial charge on any atom is -0.393 e. The second-order valence-corrected chi connectivity index (χ2v) is 6.68. The Hall–Kier alpha value is -3.14. The molecule has 0 aliphatic heterocycles. The fraction of sp³-hybridized carbons (Fsp3) is 0.0714. The standard InChI is InChI=1S/C14H14N4O5S/c1-24(22,23)17-11-5-3-10(4-6-11)16-14(19)9-2-7-12(15)13(8-9)18(20)21/h2-8,17H,15H2,1H3,(H,16,19). The van der Waals surface area contributed by atoms with Crippen LogP contribution in [0, 0.1) is 10.1 Å². The number of nitrogens with two attached hydrogens (primary N) is 1. The van der Waals surface area contributed by atoms with Crippen molar-refractivity contribution < 1.29 is 18.1 Å². The molecule has 2 rings (SSSR count). The average Bonchev–Trinajstić information content (AvgIpc) is 2.48. The smallest absolute Gasteiger partial charge is 0.292 e. The zero-order valence-corrected chi connectivity index (χ0v) is 13.3. The number of nitro benzene ring substituents is 1. The van der Waals surface area contributed by atoms with E-state index in [-0.39, 0.29) is 16.9 Å². The molecule has 0 saturated heterocycles. The van der Waals surface area contributed by atoms with Crippen molar-refractivity contribution in [3.8, 4) is 0 Å². The van der Waals surface area contributed by atoms with E-state index in [0.717, 1.165) is 12.3 Å². The Labute approximate surface area is 137 Å². The summed E-state index contributed by atoms with van der Waals surface area (Å²) in [6.45, 7) is 0. The summed E-state index contributed by atoms with van der Waals surface area (Å²) in [5, 5.41) is 13.4. The topological polar surface area (TPSA) is 144 Å². The van der Waals surface area contributed by atoms with Crippen molar-refractivity contribution in [3.05, 3.63) is 58.1 Å². The zero-order valence-electron chi connectivity index (χ0n) is 12.5. The highest BCUT2D eigenvalue weighted by Crippen LogP contribution is 2.23. The van der Waals surface area contributed by atoms with Crippen molar-refractivity contribution in [1.82, 2.24) is 0 Å². The average molecular weight is 350 g/mol. The van der Waals surface area contributed by atoms with Crippen LogP contribution in [0.2, 0.25) is 0 Å². The highest BCUT2D eigenvalue weighted by atomic mass is 32.2. The summed E-state index contributed by atoms with van der Waals surface area (Å²) in [6.07, 6.45) is 1.02. The van der Waals surface area contributed by atoms with Crippen molar-refractivity contribution >= 4 is 38.7 Å². The number of hydrogen-bond acceptors (Lipinski definition) is 6. The maximum absolute atomic E-state index is 12.1. The van der Waals surface area contributed by atoms with E-state index in [1.54, 1.807) is 0 Å². The molecule has 0 aliphatic rings. The van der Waals surface area contributed by atoms with Crippen LogP contribution in [0.25, 0.3) is 0 Å². The number of rotatable bonds is 5. The summed E-state index contributed by atoms with van der Waals surface area (Å²) >= 11 is 0. The lowest BCUT2D eigenvalue weighted by atomic mass is 10.1. The van der Waals surface area contributed by atoms with Gasteiger partial charge in [0.2, 0.25) is 10.0 Å². The van der Waals surface area contributed by atoms with E-state index in [2.05, 4.69) is 10.0 Å². The van der Waals surface area contributed by atoms with Crippen LogP contribution in [0.4, 0.5) is 22.7 Å². The number of anilines is 3. The van der Waals surface area contributed by atoms with Crippen LogP contribution in [0.15, 0.2) is 42.5 Å². The van der Waals surface area contributed by atoms with Gasteiger partial charge in [-0.15, -0.1) is 0 Å². The molecule has 4 N–H and O–H groups in total. The Balaban J connectivity index is 2.15. The third-order valence-corrected chi connectivity index (χ3v) is 3.54. The van der Waals surface area contributed by atoms with Crippen LogP contribution in [0.3, 0.4) is 0 Å². The van der Waals surface area contributed by atoms with Crippen LogP contribution >= 0.6 is 0 Å². The molecule has 0 aliphatic carbocycles. The second-order valence-electron chi connectivity index (χ2n) is 4.94. The van der Waals surface area contributed by atoms with Gasteiger partial charge in [0.15, 0.2) is 0 Å². The van der Waals surface area contributed by atoms with Crippen molar-refractivity contribution in [2.75, 3.05) is 22.0 Å². The van der Waals surface area contributed by atoms with Gasteiger partial charge in [0, 0.05) is 23.0 Å². The fourth-order valence-corrected chi connectivity index (χ4v) is 2.45. The van der Waals surface area contributed by atoms with Gasteiger partial charge in [-0.05, 0) is 36.4 Å². The Morgan fingerprint density at radius 1 is 1.12 bits per heavy atom. The van der Waals surface area contributed by atoms with Crippen LogP contribution < -0.4 is 15.8 Å². The molecule has 10 heteroatoms. The number of nitrogen functional groups attached to an aromatic ring is 1. The van der Waals surface area contributed by atoms with Gasteiger partial charge in [-0.25, -0.2) is 8.42 Å². The Morgan fingerprint density at radius 3 is 2.25 bits per heavy atom. The summed E-state index contributed by atoms with van der Waals surface area (Å²) < 4.78 is 24.5. The van der Waals surface area contributed by atoms with Gasteiger partial charge in [-0.3, -0.25) is 19.6 Å². The molecule has 0 aromatic heterocycles. The SMILES string of the molecule is CS(=O)(=O)Nc1ccc(NC(=O)c2ccc(N)c([N+](=O)[O-])c2)cc1. The molecule has 2 aromatic rings. The van der Waals surface area contributed by atoms with E-state index in [9.17, 15) is 23.3 Å². The maximum Gasteiger partial charge on any atom is 0.292 e. The molecule has 0 bridgehead atoms. The third-order valence-electron chi connectivity index (χ3n) is 2.94. The lowest BCUT2D eigenvalue weighted by Gasteiger charge is -2.08. The van der Waals surface area contributed by atoms with E-state index in [1.165, 1.54) is 36.4 Å². The molecule has 0 radical (unpaired) electrons. The van der Waals surface area contributed by atoms with Crippen LogP contribution in [-0.2, 0) is 10.0 Å². The molecule has 0 heterocycles. The van der Waals surface area contributed by atoms with Crippen molar-refractivity contribution in [1.29, 1.82) is 0 Å². The lowest BCUT2D eigenvalue weighted by molar-refractivity contribution is -0.383. The highest BCUT2D eigenvalue weighted by molar-refractivity contribution is 7.92. The zero-order chi connectivity index (χ0) is 17.9. The molecule has 24 heavy (non-hydrogen) atoms. The van der Waals surface area contributed by atoms with Crippen molar-refractivity contribution in [3.63, 3.8) is 0 Å². The number of hydrogen-bond donors (Lipinski definition) is 3. The lowest BCUT2D eigenvalue weighted by Crippen LogP contribution is -2.13. The number of carbonyl (C=O) groups excluding carboxylic acids is 1. The molecular weight excluding hydrogens is 336 g/mol. The fourth-order valence-electron chi connectivity index (χ4n) is 1.88. The number of sulfonamides is 1.